The Hall–Kier alpha value is -1.58. The minimum absolute atomic E-state index is 0.0505. The van der Waals surface area contributed by atoms with Crippen molar-refractivity contribution >= 4 is 24.5 Å². The van der Waals surface area contributed by atoms with Crippen LogP contribution in [0.15, 0.2) is 72.8 Å². The zero-order valence-corrected chi connectivity index (χ0v) is 19.3. The number of amides is 1. The van der Waals surface area contributed by atoms with Crippen LogP contribution in [0.25, 0.3) is 11.1 Å². The Morgan fingerprint density at radius 1 is 0.862 bits per heavy atom. The summed E-state index contributed by atoms with van der Waals surface area (Å²) >= 11 is -2.59. The Kier molecular flexibility index (Phi) is 6.46. The summed E-state index contributed by atoms with van der Waals surface area (Å²) < 4.78 is 1.72. The van der Waals surface area contributed by atoms with E-state index >= 15 is 0 Å². The molecule has 0 fully saturated rings. The van der Waals surface area contributed by atoms with Gasteiger partial charge < -0.3 is 0 Å². The maximum atomic E-state index is 12.6. The first-order valence-corrected chi connectivity index (χ1v) is 14.9. The van der Waals surface area contributed by atoms with Crippen LogP contribution in [0.5, 0.6) is 0 Å². The minimum atomic E-state index is -2.59. The summed E-state index contributed by atoms with van der Waals surface area (Å²) in [6.07, 6.45) is 1.27. The molecule has 1 amide bonds. The zero-order valence-electron chi connectivity index (χ0n) is 16.2. The monoisotopic (exact) mass is 458 g/mol. The summed E-state index contributed by atoms with van der Waals surface area (Å²) in [4.78, 5) is 12.6. The predicted molar refractivity (Wildman–Crippen MR) is 116 cm³/mol. The van der Waals surface area contributed by atoms with E-state index in [0.29, 0.717) is 13.0 Å². The van der Waals surface area contributed by atoms with Crippen LogP contribution in [-0.2, 0) is 27.3 Å². The Balaban J connectivity index is 1.79. The second-order valence-corrected chi connectivity index (χ2v) is 12.6. The molecule has 0 heterocycles. The molecule has 0 atom stereocenters. The zero-order chi connectivity index (χ0) is 20.4. The van der Waals surface area contributed by atoms with Crippen LogP contribution < -0.4 is 0 Å². The first kappa shape index (κ1) is 20.7. The van der Waals surface area contributed by atoms with Crippen molar-refractivity contribution in [1.82, 2.24) is 3.38 Å². The molecule has 0 unspecified atom stereocenters. The summed E-state index contributed by atoms with van der Waals surface area (Å²) in [5.41, 5.74) is 7.50. The van der Waals surface area contributed by atoms with Gasteiger partial charge in [0.1, 0.15) is 0 Å². The molecule has 3 aromatic rings. The first-order chi connectivity index (χ1) is 14.1. The molecule has 0 aromatic heterocycles. The quantitative estimate of drug-likeness (QED) is 0.290. The van der Waals surface area contributed by atoms with Crippen LogP contribution in [0.3, 0.4) is 0 Å². The van der Waals surface area contributed by atoms with E-state index in [1.54, 1.807) is 3.38 Å². The van der Waals surface area contributed by atoms with Crippen molar-refractivity contribution in [2.24, 2.45) is 0 Å². The molecule has 29 heavy (non-hydrogen) atoms. The topological polar surface area (TPSA) is 20.3 Å². The summed E-state index contributed by atoms with van der Waals surface area (Å²) in [7, 11) is 12.7. The van der Waals surface area contributed by atoms with Gasteiger partial charge >= 0.3 is 187 Å². The van der Waals surface area contributed by atoms with E-state index in [4.69, 9.17) is 18.6 Å². The summed E-state index contributed by atoms with van der Waals surface area (Å²) in [5, 5.41) is 0. The number of hydrogen-bond donors (Lipinski definition) is 0. The van der Waals surface area contributed by atoms with Crippen molar-refractivity contribution in [2.75, 3.05) is 0 Å². The van der Waals surface area contributed by atoms with Gasteiger partial charge in [-0.25, -0.2) is 0 Å². The Bertz CT molecular complexity index is 991. The fourth-order valence-electron chi connectivity index (χ4n) is 4.21. The number of benzene rings is 3. The van der Waals surface area contributed by atoms with E-state index < -0.39 is 16.0 Å². The van der Waals surface area contributed by atoms with Crippen molar-refractivity contribution in [2.45, 2.75) is 32.2 Å². The molecule has 0 radical (unpaired) electrons. The molecule has 0 N–H and O–H groups in total. The molecule has 4 rings (SSSR count). The molecule has 0 spiro atoms. The third-order valence-electron chi connectivity index (χ3n) is 5.50. The second kappa shape index (κ2) is 9.06. The van der Waals surface area contributed by atoms with E-state index in [9.17, 15) is 4.79 Å². The molecule has 0 bridgehead atoms. The average molecular weight is 459 g/mol. The van der Waals surface area contributed by atoms with E-state index in [2.05, 4.69) is 66.7 Å². The number of carbonyl (C=O) groups is 1. The Labute approximate surface area is 186 Å². The third kappa shape index (κ3) is 4.05. The number of hydrogen-bond acceptors (Lipinski definition) is 1. The van der Waals surface area contributed by atoms with Crippen LogP contribution in [0, 0.1) is 0 Å². The first-order valence-electron chi connectivity index (χ1n) is 9.86. The van der Waals surface area contributed by atoms with Gasteiger partial charge in [-0.3, -0.25) is 0 Å². The van der Waals surface area contributed by atoms with Crippen LogP contribution in [0.4, 0.5) is 0 Å². The van der Waals surface area contributed by atoms with Crippen LogP contribution in [-0.4, -0.2) is 9.29 Å². The van der Waals surface area contributed by atoms with Gasteiger partial charge in [0.2, 0.25) is 0 Å². The van der Waals surface area contributed by atoms with Gasteiger partial charge in [0, 0.05) is 0 Å². The van der Waals surface area contributed by atoms with Gasteiger partial charge in [0.25, 0.3) is 0 Å². The number of carbonyl (C=O) groups excluding carboxylic acids is 1. The van der Waals surface area contributed by atoms with E-state index in [1.165, 1.54) is 27.8 Å². The molecule has 1 aliphatic rings. The molecule has 5 heteroatoms. The maximum absolute atomic E-state index is 12.6. The second-order valence-electron chi connectivity index (χ2n) is 7.28. The van der Waals surface area contributed by atoms with Crippen molar-refractivity contribution in [3.63, 3.8) is 0 Å². The van der Waals surface area contributed by atoms with E-state index in [-0.39, 0.29) is 11.8 Å². The summed E-state index contributed by atoms with van der Waals surface area (Å²) in [5.74, 6) is 0.199. The van der Waals surface area contributed by atoms with Crippen molar-refractivity contribution in [3.05, 3.63) is 95.1 Å². The predicted octanol–water partition coefficient (Wildman–Crippen LogP) is 6.82. The molecule has 3 aromatic carbocycles. The molecule has 1 aliphatic carbocycles. The number of fused-ring (bicyclic) bond motifs is 3. The molecule has 0 saturated carbocycles. The molecule has 0 saturated heterocycles. The number of nitrogens with zero attached hydrogens (tertiary/aromatic N) is 1. The molecule has 147 valence electrons. The SMILES string of the molecule is CCCC(=O)[N](Cc1ccccc1C1c2ccccc2-c2ccccc21)[Ti]([Cl])[Cl]. The number of rotatable bonds is 6. The summed E-state index contributed by atoms with van der Waals surface area (Å²) in [6, 6.07) is 25.5. The van der Waals surface area contributed by atoms with Crippen molar-refractivity contribution < 1.29 is 20.8 Å². The van der Waals surface area contributed by atoms with Gasteiger partial charge in [-0.2, -0.15) is 0 Å². The van der Waals surface area contributed by atoms with Crippen molar-refractivity contribution in [1.29, 1.82) is 0 Å². The number of halogens is 2. The normalized spacial score (nSPS) is 12.4. The fourth-order valence-corrected chi connectivity index (χ4v) is 6.40. The Morgan fingerprint density at radius 2 is 1.38 bits per heavy atom. The third-order valence-corrected chi connectivity index (χ3v) is 8.45. The van der Waals surface area contributed by atoms with Gasteiger partial charge in [0.05, 0.1) is 0 Å². The van der Waals surface area contributed by atoms with Crippen LogP contribution in [0.2, 0.25) is 0 Å². The Morgan fingerprint density at radius 3 is 1.93 bits per heavy atom. The molecule has 2 nitrogen and oxygen atoms in total. The average Bonchev–Trinajstić information content (AvgIpc) is 3.06. The standard InChI is InChI=1S/C24H23NO.2ClH.Ti/c1-2-9-23(26)25-16-17-10-3-4-11-18(17)24-21-14-7-5-12-19(21)20-13-6-8-15-22(20)24;;;/h3-8,10-15,24H,2,9,16H2,1H3,(H,25,26);2*1H;/q;;;+3/p-3. The van der Waals surface area contributed by atoms with Gasteiger partial charge in [0.15, 0.2) is 0 Å². The van der Waals surface area contributed by atoms with Gasteiger partial charge in [-0.05, 0) is 0 Å². The summed E-state index contributed by atoms with van der Waals surface area (Å²) in [6.45, 7) is 2.47. The van der Waals surface area contributed by atoms with E-state index in [0.717, 1.165) is 12.0 Å². The molecular formula is C24H22Cl2NOTi. The fraction of sp³-hybridized carbons (Fsp3) is 0.208. The van der Waals surface area contributed by atoms with Crippen LogP contribution in [0.1, 0.15) is 47.9 Å². The van der Waals surface area contributed by atoms with Crippen LogP contribution >= 0.6 is 18.6 Å². The molecular weight excluding hydrogens is 437 g/mol. The molecule has 0 aliphatic heterocycles. The van der Waals surface area contributed by atoms with E-state index in [1.807, 2.05) is 13.0 Å². The van der Waals surface area contributed by atoms with Crippen molar-refractivity contribution in [3.8, 4) is 11.1 Å². The van der Waals surface area contributed by atoms with Gasteiger partial charge in [-0.15, -0.1) is 0 Å². The van der Waals surface area contributed by atoms with Gasteiger partial charge in [-0.1, -0.05) is 0 Å².